The van der Waals surface area contributed by atoms with Crippen molar-refractivity contribution in [2.75, 3.05) is 25.0 Å². The SMILES string of the molecule is CCCCCC(=O)N1c2ccc(C)cc2[C@H]2CN(C)CC[C@@H]21. The molecule has 0 saturated carbocycles. The third kappa shape index (κ3) is 2.79. The molecule has 1 aromatic rings. The maximum atomic E-state index is 12.8. The van der Waals surface area contributed by atoms with Crippen LogP contribution in [0.3, 0.4) is 0 Å². The summed E-state index contributed by atoms with van der Waals surface area (Å²) in [5.41, 5.74) is 3.86. The zero-order valence-electron chi connectivity index (χ0n) is 14.1. The van der Waals surface area contributed by atoms with Gasteiger partial charge in [-0.2, -0.15) is 0 Å². The molecule has 0 aliphatic carbocycles. The van der Waals surface area contributed by atoms with Crippen molar-refractivity contribution in [3.05, 3.63) is 29.3 Å². The number of benzene rings is 1. The van der Waals surface area contributed by atoms with E-state index in [-0.39, 0.29) is 0 Å². The number of unbranched alkanes of at least 4 members (excludes halogenated alkanes) is 2. The molecule has 1 amide bonds. The van der Waals surface area contributed by atoms with Crippen molar-refractivity contribution in [1.82, 2.24) is 4.90 Å². The largest absolute Gasteiger partial charge is 0.308 e. The van der Waals surface area contributed by atoms with E-state index in [2.05, 4.69) is 48.9 Å². The van der Waals surface area contributed by atoms with E-state index in [0.29, 0.717) is 24.3 Å². The number of hydrogen-bond acceptors (Lipinski definition) is 2. The topological polar surface area (TPSA) is 23.6 Å². The second kappa shape index (κ2) is 6.41. The molecule has 0 N–H and O–H groups in total. The maximum absolute atomic E-state index is 12.8. The summed E-state index contributed by atoms with van der Waals surface area (Å²) in [6.07, 6.45) is 5.12. The van der Waals surface area contributed by atoms with Crippen molar-refractivity contribution in [2.45, 2.75) is 57.9 Å². The molecule has 0 radical (unpaired) electrons. The van der Waals surface area contributed by atoms with Gasteiger partial charge in [-0.05, 0) is 45.0 Å². The van der Waals surface area contributed by atoms with Crippen LogP contribution in [0.5, 0.6) is 0 Å². The molecule has 2 aliphatic rings. The number of aryl methyl sites for hydroxylation is 1. The zero-order chi connectivity index (χ0) is 15.7. The molecule has 0 spiro atoms. The molecule has 3 heteroatoms. The number of likely N-dealkylation sites (tertiary alicyclic amines) is 1. The van der Waals surface area contributed by atoms with E-state index in [1.54, 1.807) is 0 Å². The Morgan fingerprint density at radius 2 is 2.14 bits per heavy atom. The molecule has 2 atom stereocenters. The summed E-state index contributed by atoms with van der Waals surface area (Å²) >= 11 is 0. The highest BCUT2D eigenvalue weighted by molar-refractivity contribution is 5.96. The number of carbonyl (C=O) groups is 1. The van der Waals surface area contributed by atoms with Gasteiger partial charge in [-0.3, -0.25) is 4.79 Å². The number of carbonyl (C=O) groups excluding carboxylic acids is 1. The first-order valence-corrected chi connectivity index (χ1v) is 8.73. The molecule has 1 saturated heterocycles. The maximum Gasteiger partial charge on any atom is 0.227 e. The van der Waals surface area contributed by atoms with Gasteiger partial charge < -0.3 is 9.80 Å². The molecule has 22 heavy (non-hydrogen) atoms. The molecule has 3 nitrogen and oxygen atoms in total. The smallest absolute Gasteiger partial charge is 0.227 e. The fourth-order valence-corrected chi connectivity index (χ4v) is 4.05. The van der Waals surface area contributed by atoms with E-state index in [0.717, 1.165) is 32.4 Å². The van der Waals surface area contributed by atoms with Gasteiger partial charge in [0.25, 0.3) is 0 Å². The Morgan fingerprint density at radius 1 is 1.32 bits per heavy atom. The predicted molar refractivity (Wildman–Crippen MR) is 91.5 cm³/mol. The fourth-order valence-electron chi connectivity index (χ4n) is 4.05. The lowest BCUT2D eigenvalue weighted by molar-refractivity contribution is -0.119. The van der Waals surface area contributed by atoms with E-state index in [9.17, 15) is 4.79 Å². The highest BCUT2D eigenvalue weighted by Crippen LogP contribution is 2.45. The summed E-state index contributed by atoms with van der Waals surface area (Å²) in [5.74, 6) is 0.819. The van der Waals surface area contributed by atoms with Crippen molar-refractivity contribution in [3.8, 4) is 0 Å². The summed E-state index contributed by atoms with van der Waals surface area (Å²) in [5, 5.41) is 0. The van der Waals surface area contributed by atoms with Crippen LogP contribution >= 0.6 is 0 Å². The Bertz CT molecular complexity index is 554. The van der Waals surface area contributed by atoms with Gasteiger partial charge in [-0.15, -0.1) is 0 Å². The Hall–Kier alpha value is -1.35. The van der Waals surface area contributed by atoms with Crippen molar-refractivity contribution in [3.63, 3.8) is 0 Å². The normalized spacial score (nSPS) is 24.2. The predicted octanol–water partition coefficient (Wildman–Crippen LogP) is 3.71. The first-order valence-electron chi connectivity index (χ1n) is 8.73. The van der Waals surface area contributed by atoms with Gasteiger partial charge in [0.2, 0.25) is 5.91 Å². The van der Waals surface area contributed by atoms with Gasteiger partial charge in [-0.1, -0.05) is 37.5 Å². The van der Waals surface area contributed by atoms with Crippen molar-refractivity contribution >= 4 is 11.6 Å². The highest BCUT2D eigenvalue weighted by atomic mass is 16.2. The number of fused-ring (bicyclic) bond motifs is 3. The lowest BCUT2D eigenvalue weighted by Crippen LogP contribution is -2.47. The molecule has 3 rings (SSSR count). The van der Waals surface area contributed by atoms with Crippen LogP contribution in [0.25, 0.3) is 0 Å². The number of nitrogens with zero attached hydrogens (tertiary/aromatic N) is 2. The monoisotopic (exact) mass is 300 g/mol. The molecule has 1 aromatic carbocycles. The van der Waals surface area contributed by atoms with Crippen LogP contribution in [-0.4, -0.2) is 37.0 Å². The van der Waals surface area contributed by atoms with E-state index in [4.69, 9.17) is 0 Å². The number of likely N-dealkylation sites (N-methyl/N-ethyl adjacent to an activating group) is 1. The molecule has 120 valence electrons. The van der Waals surface area contributed by atoms with Crippen LogP contribution in [0.15, 0.2) is 18.2 Å². The third-order valence-electron chi connectivity index (χ3n) is 5.22. The standard InChI is InChI=1S/C19H28N2O/c1-4-5-6-7-19(22)21-17-9-8-14(2)12-15(17)16-13-20(3)11-10-18(16)21/h8-9,12,16,18H,4-7,10-11,13H2,1-3H3/t16-,18+/m1/s1. The quantitative estimate of drug-likeness (QED) is 0.791. The molecule has 0 unspecified atom stereocenters. The Kier molecular flexibility index (Phi) is 4.53. The Balaban J connectivity index is 1.88. The highest BCUT2D eigenvalue weighted by Gasteiger charge is 2.43. The molecular formula is C19H28N2O. The first kappa shape index (κ1) is 15.5. The van der Waals surface area contributed by atoms with Gasteiger partial charge in [0.15, 0.2) is 0 Å². The van der Waals surface area contributed by atoms with Crippen LogP contribution < -0.4 is 4.90 Å². The zero-order valence-corrected chi connectivity index (χ0v) is 14.1. The van der Waals surface area contributed by atoms with Gasteiger partial charge in [0.05, 0.1) is 0 Å². The summed E-state index contributed by atoms with van der Waals surface area (Å²) in [6.45, 7) is 6.49. The Labute approximate surface area is 134 Å². The van der Waals surface area contributed by atoms with Gasteiger partial charge in [-0.25, -0.2) is 0 Å². The first-order chi connectivity index (χ1) is 10.6. The minimum atomic E-state index is 0.329. The van der Waals surface area contributed by atoms with E-state index in [1.165, 1.54) is 23.2 Å². The average molecular weight is 300 g/mol. The lowest BCUT2D eigenvalue weighted by atomic mass is 9.89. The summed E-state index contributed by atoms with van der Waals surface area (Å²) < 4.78 is 0. The number of anilines is 1. The minimum Gasteiger partial charge on any atom is -0.308 e. The molecule has 2 heterocycles. The number of amides is 1. The molecule has 1 fully saturated rings. The Morgan fingerprint density at radius 3 is 2.91 bits per heavy atom. The van der Waals surface area contributed by atoms with Crippen LogP contribution in [0.1, 0.15) is 56.1 Å². The van der Waals surface area contributed by atoms with Gasteiger partial charge in [0, 0.05) is 30.6 Å². The second-order valence-electron chi connectivity index (χ2n) is 7.01. The van der Waals surface area contributed by atoms with E-state index >= 15 is 0 Å². The van der Waals surface area contributed by atoms with Crippen LogP contribution in [0, 0.1) is 6.92 Å². The van der Waals surface area contributed by atoms with E-state index in [1.807, 2.05) is 0 Å². The minimum absolute atomic E-state index is 0.329. The van der Waals surface area contributed by atoms with Crippen molar-refractivity contribution < 1.29 is 4.79 Å². The summed E-state index contributed by atoms with van der Waals surface area (Å²) in [4.78, 5) is 17.4. The van der Waals surface area contributed by atoms with Crippen molar-refractivity contribution in [1.29, 1.82) is 0 Å². The summed E-state index contributed by atoms with van der Waals surface area (Å²) in [6, 6.07) is 6.99. The average Bonchev–Trinajstić information content (AvgIpc) is 2.80. The molecular weight excluding hydrogens is 272 g/mol. The van der Waals surface area contributed by atoms with E-state index < -0.39 is 0 Å². The van der Waals surface area contributed by atoms with Crippen LogP contribution in [-0.2, 0) is 4.79 Å². The number of rotatable bonds is 4. The third-order valence-corrected chi connectivity index (χ3v) is 5.22. The van der Waals surface area contributed by atoms with Gasteiger partial charge >= 0.3 is 0 Å². The van der Waals surface area contributed by atoms with Crippen LogP contribution in [0.4, 0.5) is 5.69 Å². The fraction of sp³-hybridized carbons (Fsp3) is 0.632. The van der Waals surface area contributed by atoms with Gasteiger partial charge in [0.1, 0.15) is 0 Å². The molecule has 0 aromatic heterocycles. The molecule has 2 aliphatic heterocycles. The van der Waals surface area contributed by atoms with Crippen molar-refractivity contribution in [2.24, 2.45) is 0 Å². The number of hydrogen-bond donors (Lipinski definition) is 0. The second-order valence-corrected chi connectivity index (χ2v) is 7.01. The molecule has 0 bridgehead atoms. The lowest BCUT2D eigenvalue weighted by Gasteiger charge is -2.36. The summed E-state index contributed by atoms with van der Waals surface area (Å²) in [7, 11) is 2.19. The number of piperidine rings is 1. The van der Waals surface area contributed by atoms with Crippen LogP contribution in [0.2, 0.25) is 0 Å².